The van der Waals surface area contributed by atoms with Gasteiger partial charge in [0.2, 0.25) is 0 Å². The van der Waals surface area contributed by atoms with E-state index in [1.54, 1.807) is 0 Å². The number of aromatic nitrogens is 1. The lowest BCUT2D eigenvalue weighted by atomic mass is 10.1. The van der Waals surface area contributed by atoms with Crippen LogP contribution in [0, 0.1) is 0 Å². The Morgan fingerprint density at radius 2 is 1.95 bits per heavy atom. The van der Waals surface area contributed by atoms with Crippen molar-refractivity contribution in [1.82, 2.24) is 4.98 Å². The third kappa shape index (κ3) is 2.94. The number of fused-ring (bicyclic) bond motifs is 1. The molecule has 0 aliphatic rings. The quantitative estimate of drug-likeness (QED) is 0.699. The van der Waals surface area contributed by atoms with E-state index in [1.807, 2.05) is 36.7 Å². The van der Waals surface area contributed by atoms with Crippen LogP contribution in [0.3, 0.4) is 0 Å². The normalized spacial score (nSPS) is 10.7. The van der Waals surface area contributed by atoms with Crippen molar-refractivity contribution in [3.63, 3.8) is 0 Å². The zero-order chi connectivity index (χ0) is 13.9. The largest absolute Gasteiger partial charge is 0.380 e. The van der Waals surface area contributed by atoms with Gasteiger partial charge in [0.1, 0.15) is 0 Å². The Labute approximate surface area is 130 Å². The molecule has 0 radical (unpaired) electrons. The Hall–Kier alpha value is -1.58. The fourth-order valence-corrected chi connectivity index (χ4v) is 2.62. The van der Waals surface area contributed by atoms with Crippen LogP contribution in [0.2, 0.25) is 5.02 Å². The summed E-state index contributed by atoms with van der Waals surface area (Å²) in [5.74, 6) is 0. The first kappa shape index (κ1) is 13.4. The smallest absolute Gasteiger partial charge is 0.0638 e. The fourth-order valence-electron chi connectivity index (χ4n) is 2.07. The fraction of sp³-hybridized carbons (Fsp3) is 0.0625. The number of nitrogens with one attached hydrogen (secondary N) is 1. The lowest BCUT2D eigenvalue weighted by Gasteiger charge is -2.09. The van der Waals surface area contributed by atoms with Gasteiger partial charge in [-0.05, 0) is 41.3 Å². The molecule has 3 rings (SSSR count). The molecule has 1 N–H and O–H groups in total. The molecule has 3 aromatic rings. The standard InChI is InChI=1S/C16H12BrClN2/c17-14-3-4-15(18)16(8-14)20-9-11-1-2-13-10-19-6-5-12(13)7-11/h1-8,10,20H,9H2. The molecule has 0 atom stereocenters. The van der Waals surface area contributed by atoms with E-state index < -0.39 is 0 Å². The second-order valence-electron chi connectivity index (χ2n) is 4.53. The molecule has 1 heterocycles. The zero-order valence-corrected chi connectivity index (χ0v) is 12.9. The highest BCUT2D eigenvalue weighted by atomic mass is 79.9. The summed E-state index contributed by atoms with van der Waals surface area (Å²) in [4.78, 5) is 4.12. The Kier molecular flexibility index (Phi) is 3.90. The molecule has 1 aromatic heterocycles. The average molecular weight is 348 g/mol. The second kappa shape index (κ2) is 5.81. The van der Waals surface area contributed by atoms with Crippen molar-refractivity contribution < 1.29 is 0 Å². The molecule has 0 spiro atoms. The van der Waals surface area contributed by atoms with Crippen LogP contribution in [-0.4, -0.2) is 4.98 Å². The summed E-state index contributed by atoms with van der Waals surface area (Å²) >= 11 is 9.62. The van der Waals surface area contributed by atoms with Gasteiger partial charge in [0, 0.05) is 28.8 Å². The van der Waals surface area contributed by atoms with Gasteiger partial charge >= 0.3 is 0 Å². The molecule has 2 aromatic carbocycles. The lowest BCUT2D eigenvalue weighted by Crippen LogP contribution is -2.00. The number of halogens is 2. The molecule has 0 saturated carbocycles. The molecule has 0 aliphatic heterocycles. The first-order valence-corrected chi connectivity index (χ1v) is 7.41. The summed E-state index contributed by atoms with van der Waals surface area (Å²) in [5, 5.41) is 6.42. The van der Waals surface area contributed by atoms with Crippen molar-refractivity contribution in [2.45, 2.75) is 6.54 Å². The summed E-state index contributed by atoms with van der Waals surface area (Å²) in [5.41, 5.74) is 2.13. The Bertz CT molecular complexity index is 758. The van der Waals surface area contributed by atoms with Crippen LogP contribution < -0.4 is 5.32 Å². The highest BCUT2D eigenvalue weighted by Crippen LogP contribution is 2.26. The van der Waals surface area contributed by atoms with Gasteiger partial charge in [-0.2, -0.15) is 0 Å². The van der Waals surface area contributed by atoms with Crippen LogP contribution in [-0.2, 0) is 6.54 Å². The molecular weight excluding hydrogens is 336 g/mol. The van der Waals surface area contributed by atoms with Crippen molar-refractivity contribution in [3.05, 3.63) is 69.9 Å². The Morgan fingerprint density at radius 3 is 2.85 bits per heavy atom. The minimum absolute atomic E-state index is 0.721. The number of hydrogen-bond donors (Lipinski definition) is 1. The van der Waals surface area contributed by atoms with Crippen molar-refractivity contribution in [2.75, 3.05) is 5.32 Å². The van der Waals surface area contributed by atoms with Gasteiger partial charge in [0.05, 0.1) is 10.7 Å². The molecule has 0 amide bonds. The lowest BCUT2D eigenvalue weighted by molar-refractivity contribution is 1.15. The number of nitrogens with zero attached hydrogens (tertiary/aromatic N) is 1. The van der Waals surface area contributed by atoms with E-state index >= 15 is 0 Å². The maximum absolute atomic E-state index is 6.17. The van der Waals surface area contributed by atoms with Gasteiger partial charge in [0.15, 0.2) is 0 Å². The molecule has 0 bridgehead atoms. The minimum atomic E-state index is 0.721. The Morgan fingerprint density at radius 1 is 1.05 bits per heavy atom. The van der Waals surface area contributed by atoms with Crippen molar-refractivity contribution in [1.29, 1.82) is 0 Å². The molecule has 0 fully saturated rings. The average Bonchev–Trinajstić information content (AvgIpc) is 2.48. The number of pyridine rings is 1. The van der Waals surface area contributed by atoms with E-state index in [0.717, 1.165) is 27.1 Å². The zero-order valence-electron chi connectivity index (χ0n) is 10.6. The van der Waals surface area contributed by atoms with Crippen LogP contribution >= 0.6 is 27.5 Å². The predicted octanol–water partition coefficient (Wildman–Crippen LogP) is 5.26. The van der Waals surface area contributed by atoms with Gasteiger partial charge < -0.3 is 5.32 Å². The van der Waals surface area contributed by atoms with E-state index in [9.17, 15) is 0 Å². The van der Waals surface area contributed by atoms with Gasteiger partial charge in [-0.3, -0.25) is 4.98 Å². The molecule has 20 heavy (non-hydrogen) atoms. The highest BCUT2D eigenvalue weighted by Gasteiger charge is 2.02. The van der Waals surface area contributed by atoms with Gasteiger partial charge in [-0.15, -0.1) is 0 Å². The van der Waals surface area contributed by atoms with E-state index in [2.05, 4.69) is 44.4 Å². The van der Waals surface area contributed by atoms with E-state index in [4.69, 9.17) is 11.6 Å². The first-order valence-electron chi connectivity index (χ1n) is 6.24. The number of rotatable bonds is 3. The predicted molar refractivity (Wildman–Crippen MR) is 88.2 cm³/mol. The van der Waals surface area contributed by atoms with Crippen LogP contribution in [0.5, 0.6) is 0 Å². The topological polar surface area (TPSA) is 24.9 Å². The molecule has 0 unspecified atom stereocenters. The third-order valence-corrected chi connectivity index (χ3v) is 3.94. The summed E-state index contributed by atoms with van der Waals surface area (Å²) in [6, 6.07) is 14.1. The molecule has 4 heteroatoms. The van der Waals surface area contributed by atoms with Crippen LogP contribution in [0.4, 0.5) is 5.69 Å². The van der Waals surface area contributed by atoms with Gasteiger partial charge in [-0.25, -0.2) is 0 Å². The summed E-state index contributed by atoms with van der Waals surface area (Å²) < 4.78 is 1.01. The van der Waals surface area contributed by atoms with Crippen LogP contribution in [0.25, 0.3) is 10.8 Å². The maximum atomic E-state index is 6.17. The molecular formula is C16H12BrClN2. The first-order chi connectivity index (χ1) is 9.72. The molecule has 0 aliphatic carbocycles. The summed E-state index contributed by atoms with van der Waals surface area (Å²) in [6.07, 6.45) is 3.68. The van der Waals surface area contributed by atoms with Crippen molar-refractivity contribution >= 4 is 44.0 Å². The third-order valence-electron chi connectivity index (χ3n) is 3.12. The number of anilines is 1. The molecule has 0 saturated heterocycles. The number of hydrogen-bond acceptors (Lipinski definition) is 2. The molecule has 2 nitrogen and oxygen atoms in total. The monoisotopic (exact) mass is 346 g/mol. The highest BCUT2D eigenvalue weighted by molar-refractivity contribution is 9.10. The minimum Gasteiger partial charge on any atom is -0.380 e. The van der Waals surface area contributed by atoms with Crippen molar-refractivity contribution in [3.8, 4) is 0 Å². The van der Waals surface area contributed by atoms with Gasteiger partial charge in [-0.1, -0.05) is 39.7 Å². The Balaban J connectivity index is 1.81. The second-order valence-corrected chi connectivity index (χ2v) is 5.86. The van der Waals surface area contributed by atoms with E-state index in [1.165, 1.54) is 10.9 Å². The SMILES string of the molecule is Clc1ccc(Br)cc1NCc1ccc2cnccc2c1. The van der Waals surface area contributed by atoms with E-state index in [-0.39, 0.29) is 0 Å². The van der Waals surface area contributed by atoms with Crippen LogP contribution in [0.1, 0.15) is 5.56 Å². The summed E-state index contributed by atoms with van der Waals surface area (Å²) in [6.45, 7) is 0.731. The number of benzene rings is 2. The molecule has 100 valence electrons. The van der Waals surface area contributed by atoms with Crippen LogP contribution in [0.15, 0.2) is 59.3 Å². The van der Waals surface area contributed by atoms with Gasteiger partial charge in [0.25, 0.3) is 0 Å². The summed E-state index contributed by atoms with van der Waals surface area (Å²) in [7, 11) is 0. The van der Waals surface area contributed by atoms with Crippen molar-refractivity contribution in [2.24, 2.45) is 0 Å². The van der Waals surface area contributed by atoms with E-state index in [0.29, 0.717) is 0 Å². The maximum Gasteiger partial charge on any atom is 0.0638 e.